The second-order valence-corrected chi connectivity index (χ2v) is 6.61. The van der Waals surface area contributed by atoms with Crippen molar-refractivity contribution in [2.45, 2.75) is 13.0 Å². The third-order valence-corrected chi connectivity index (χ3v) is 4.21. The second-order valence-electron chi connectivity index (χ2n) is 6.61. The summed E-state index contributed by atoms with van der Waals surface area (Å²) in [5.41, 5.74) is 0.964. The summed E-state index contributed by atoms with van der Waals surface area (Å²) in [7, 11) is 0. The Kier molecular flexibility index (Phi) is 7.37. The van der Waals surface area contributed by atoms with Crippen LogP contribution in [-0.2, 0) is 14.3 Å². The largest absolute Gasteiger partial charge is 0.457 e. The van der Waals surface area contributed by atoms with Gasteiger partial charge in [0.1, 0.15) is 18.0 Å². The molecule has 0 unspecified atom stereocenters. The number of esters is 1. The van der Waals surface area contributed by atoms with Crippen molar-refractivity contribution in [3.63, 3.8) is 0 Å². The van der Waals surface area contributed by atoms with Crippen molar-refractivity contribution in [1.82, 2.24) is 5.32 Å². The maximum atomic E-state index is 12.2. The molecule has 0 aliphatic rings. The molecule has 0 bridgehead atoms. The van der Waals surface area contributed by atoms with E-state index in [1.165, 1.54) is 6.92 Å². The van der Waals surface area contributed by atoms with Crippen molar-refractivity contribution < 1.29 is 23.9 Å². The zero-order valence-electron chi connectivity index (χ0n) is 16.9. The van der Waals surface area contributed by atoms with E-state index in [9.17, 15) is 14.4 Å². The number of nitrogens with one attached hydrogen (secondary N) is 2. The van der Waals surface area contributed by atoms with Gasteiger partial charge in [-0.1, -0.05) is 36.4 Å². The van der Waals surface area contributed by atoms with Crippen molar-refractivity contribution >= 4 is 23.5 Å². The van der Waals surface area contributed by atoms with Gasteiger partial charge in [-0.05, 0) is 55.5 Å². The normalized spacial score (nSPS) is 11.1. The lowest BCUT2D eigenvalue weighted by Gasteiger charge is -2.14. The molecule has 1 atom stereocenters. The molecule has 3 rings (SSSR count). The predicted octanol–water partition coefficient (Wildman–Crippen LogP) is 3.78. The molecule has 158 valence electrons. The molecule has 0 radical (unpaired) electrons. The third kappa shape index (κ3) is 6.71. The summed E-state index contributed by atoms with van der Waals surface area (Å²) in [6, 6.07) is 24.6. The summed E-state index contributed by atoms with van der Waals surface area (Å²) in [5.74, 6) is -0.342. The van der Waals surface area contributed by atoms with Gasteiger partial charge >= 0.3 is 5.97 Å². The molecule has 0 heterocycles. The third-order valence-electron chi connectivity index (χ3n) is 4.21. The van der Waals surface area contributed by atoms with Crippen LogP contribution in [0.5, 0.6) is 11.5 Å². The fourth-order valence-electron chi connectivity index (χ4n) is 2.61. The highest BCUT2D eigenvalue weighted by molar-refractivity contribution is 5.97. The van der Waals surface area contributed by atoms with Crippen LogP contribution in [0.1, 0.15) is 17.3 Å². The highest BCUT2D eigenvalue weighted by Crippen LogP contribution is 2.21. The fourth-order valence-corrected chi connectivity index (χ4v) is 2.61. The maximum Gasteiger partial charge on any atom is 0.326 e. The molecule has 0 aromatic heterocycles. The van der Waals surface area contributed by atoms with Crippen LogP contribution in [0, 0.1) is 0 Å². The van der Waals surface area contributed by atoms with Crippen molar-refractivity contribution in [3.8, 4) is 11.5 Å². The van der Waals surface area contributed by atoms with Gasteiger partial charge in [0.25, 0.3) is 11.8 Å². The van der Waals surface area contributed by atoms with Crippen molar-refractivity contribution in [1.29, 1.82) is 0 Å². The first kappa shape index (κ1) is 21.6. The average Bonchev–Trinajstić information content (AvgIpc) is 2.79. The molecule has 2 N–H and O–H groups in total. The molecule has 7 nitrogen and oxygen atoms in total. The molecule has 31 heavy (non-hydrogen) atoms. The predicted molar refractivity (Wildman–Crippen MR) is 116 cm³/mol. The Balaban J connectivity index is 1.44. The molecular weight excluding hydrogens is 396 g/mol. The van der Waals surface area contributed by atoms with Gasteiger partial charge in [-0.3, -0.25) is 14.4 Å². The van der Waals surface area contributed by atoms with E-state index < -0.39 is 23.9 Å². The standard InChI is InChI=1S/C24H22N2O5/c1-17(23(28)26-19-8-4-2-5-9-19)30-22(27)16-25-24(29)18-12-14-21(15-13-18)31-20-10-6-3-7-11-20/h2-15,17H,16H2,1H3,(H,25,29)(H,26,28)/t17-/m1/s1. The maximum absolute atomic E-state index is 12.2. The highest BCUT2D eigenvalue weighted by atomic mass is 16.5. The van der Waals surface area contributed by atoms with Gasteiger partial charge < -0.3 is 20.1 Å². The first-order chi connectivity index (χ1) is 15.0. The van der Waals surface area contributed by atoms with Gasteiger partial charge in [0.15, 0.2) is 6.10 Å². The number of hydrogen-bond acceptors (Lipinski definition) is 5. The topological polar surface area (TPSA) is 93.7 Å². The van der Waals surface area contributed by atoms with E-state index in [1.807, 2.05) is 36.4 Å². The zero-order valence-corrected chi connectivity index (χ0v) is 16.9. The molecule has 0 fully saturated rings. The van der Waals surface area contributed by atoms with Crippen LogP contribution in [-0.4, -0.2) is 30.4 Å². The number of carbonyl (C=O) groups is 3. The number of rotatable bonds is 8. The Morgan fingerprint density at radius 2 is 1.39 bits per heavy atom. The molecule has 3 aromatic carbocycles. The lowest BCUT2D eigenvalue weighted by Crippen LogP contribution is -2.35. The van der Waals surface area contributed by atoms with E-state index >= 15 is 0 Å². The van der Waals surface area contributed by atoms with E-state index in [0.717, 1.165) is 0 Å². The van der Waals surface area contributed by atoms with Gasteiger partial charge in [0.2, 0.25) is 0 Å². The summed E-state index contributed by atoms with van der Waals surface area (Å²) in [6.07, 6.45) is -1.00. The molecular formula is C24H22N2O5. The molecule has 0 saturated heterocycles. The lowest BCUT2D eigenvalue weighted by molar-refractivity contribution is -0.152. The van der Waals surface area contributed by atoms with Crippen LogP contribution in [0.3, 0.4) is 0 Å². The van der Waals surface area contributed by atoms with Gasteiger partial charge in [0, 0.05) is 11.3 Å². The lowest BCUT2D eigenvalue weighted by atomic mass is 10.2. The van der Waals surface area contributed by atoms with E-state index in [4.69, 9.17) is 9.47 Å². The Bertz CT molecular complexity index is 1020. The van der Waals surface area contributed by atoms with Crippen LogP contribution < -0.4 is 15.4 Å². The Morgan fingerprint density at radius 3 is 2.03 bits per heavy atom. The summed E-state index contributed by atoms with van der Waals surface area (Å²) >= 11 is 0. The number of para-hydroxylation sites is 2. The molecule has 7 heteroatoms. The van der Waals surface area contributed by atoms with Crippen LogP contribution in [0.2, 0.25) is 0 Å². The second kappa shape index (κ2) is 10.6. The Labute approximate surface area is 180 Å². The summed E-state index contributed by atoms with van der Waals surface area (Å²) in [5, 5.41) is 5.12. The van der Waals surface area contributed by atoms with Crippen LogP contribution in [0.25, 0.3) is 0 Å². The molecule has 0 aliphatic heterocycles. The first-order valence-electron chi connectivity index (χ1n) is 9.68. The minimum atomic E-state index is -1.00. The zero-order chi connectivity index (χ0) is 22.1. The van der Waals surface area contributed by atoms with Gasteiger partial charge in [-0.15, -0.1) is 0 Å². The monoisotopic (exact) mass is 418 g/mol. The fraction of sp³-hybridized carbons (Fsp3) is 0.125. The Hall–Kier alpha value is -4.13. The molecule has 3 aromatic rings. The molecule has 0 spiro atoms. The SMILES string of the molecule is C[C@@H](OC(=O)CNC(=O)c1ccc(Oc2ccccc2)cc1)C(=O)Nc1ccccc1. The number of carbonyl (C=O) groups excluding carboxylic acids is 3. The van der Waals surface area contributed by atoms with Crippen molar-refractivity contribution in [2.24, 2.45) is 0 Å². The molecule has 2 amide bonds. The van der Waals surface area contributed by atoms with Crippen LogP contribution >= 0.6 is 0 Å². The van der Waals surface area contributed by atoms with Crippen molar-refractivity contribution in [3.05, 3.63) is 90.5 Å². The molecule has 0 saturated carbocycles. The number of amides is 2. The minimum Gasteiger partial charge on any atom is -0.457 e. The van der Waals surface area contributed by atoms with Gasteiger partial charge in [-0.2, -0.15) is 0 Å². The Morgan fingerprint density at radius 1 is 0.806 bits per heavy atom. The summed E-state index contributed by atoms with van der Waals surface area (Å²) in [6.45, 7) is 1.10. The summed E-state index contributed by atoms with van der Waals surface area (Å²) in [4.78, 5) is 36.3. The number of anilines is 1. The number of ether oxygens (including phenoxy) is 2. The summed E-state index contributed by atoms with van der Waals surface area (Å²) < 4.78 is 10.7. The quantitative estimate of drug-likeness (QED) is 0.543. The highest BCUT2D eigenvalue weighted by Gasteiger charge is 2.18. The smallest absolute Gasteiger partial charge is 0.326 e. The number of hydrogen-bond donors (Lipinski definition) is 2. The number of benzene rings is 3. The van der Waals surface area contributed by atoms with Crippen LogP contribution in [0.4, 0.5) is 5.69 Å². The minimum absolute atomic E-state index is 0.357. The average molecular weight is 418 g/mol. The van der Waals surface area contributed by atoms with E-state index in [2.05, 4.69) is 10.6 Å². The van der Waals surface area contributed by atoms with E-state index in [1.54, 1.807) is 48.5 Å². The molecule has 0 aliphatic carbocycles. The van der Waals surface area contributed by atoms with Gasteiger partial charge in [0.05, 0.1) is 0 Å². The first-order valence-corrected chi connectivity index (χ1v) is 9.68. The van der Waals surface area contributed by atoms with E-state index in [0.29, 0.717) is 22.7 Å². The van der Waals surface area contributed by atoms with E-state index in [-0.39, 0.29) is 6.54 Å². The van der Waals surface area contributed by atoms with Crippen LogP contribution in [0.15, 0.2) is 84.9 Å². The van der Waals surface area contributed by atoms with Crippen molar-refractivity contribution in [2.75, 3.05) is 11.9 Å². The van der Waals surface area contributed by atoms with Gasteiger partial charge in [-0.25, -0.2) is 0 Å².